The maximum absolute atomic E-state index is 13.3. The zero-order chi connectivity index (χ0) is 26.8. The molecule has 0 aliphatic heterocycles. The largest absolute Gasteiger partial charge is 0.353 e. The Morgan fingerprint density at radius 2 is 1.45 bits per heavy atom. The van der Waals surface area contributed by atoms with Crippen molar-refractivity contribution < 1.29 is 4.79 Å². The van der Waals surface area contributed by atoms with Crippen LogP contribution in [-0.2, 0) is 0 Å². The number of fused-ring (bicyclic) bond motifs is 3. The van der Waals surface area contributed by atoms with E-state index >= 15 is 0 Å². The molecule has 5 N–H and O–H groups in total. The van der Waals surface area contributed by atoms with Gasteiger partial charge in [0.1, 0.15) is 5.69 Å². The van der Waals surface area contributed by atoms with Gasteiger partial charge in [-0.3, -0.25) is 15.6 Å². The molecule has 5 rings (SSSR count). The van der Waals surface area contributed by atoms with Crippen molar-refractivity contribution in [2.75, 3.05) is 16.1 Å². The van der Waals surface area contributed by atoms with Gasteiger partial charge in [-0.1, -0.05) is 48.0 Å². The highest BCUT2D eigenvalue weighted by Gasteiger charge is 2.19. The first kappa shape index (κ1) is 25.2. The first-order chi connectivity index (χ1) is 18.3. The van der Waals surface area contributed by atoms with Crippen molar-refractivity contribution in [1.29, 1.82) is 0 Å². The summed E-state index contributed by atoms with van der Waals surface area (Å²) in [6.07, 6.45) is 0. The molecule has 11 heteroatoms. The predicted molar refractivity (Wildman–Crippen MR) is 152 cm³/mol. The summed E-state index contributed by atoms with van der Waals surface area (Å²) in [7, 11) is 0. The zero-order valence-electron chi connectivity index (χ0n) is 21.4. The molecule has 3 aromatic heterocycles. The van der Waals surface area contributed by atoms with Gasteiger partial charge < -0.3 is 15.6 Å². The summed E-state index contributed by atoms with van der Waals surface area (Å²) in [5.74, 6) is 0.491. The quantitative estimate of drug-likeness (QED) is 0.164. The van der Waals surface area contributed by atoms with Crippen LogP contribution in [0.2, 0.25) is 5.02 Å². The molecule has 0 bridgehead atoms. The van der Waals surface area contributed by atoms with Gasteiger partial charge in [0.2, 0.25) is 17.8 Å². The highest BCUT2D eigenvalue weighted by molar-refractivity contribution is 6.33. The summed E-state index contributed by atoms with van der Waals surface area (Å²) in [6, 6.07) is 17.3. The summed E-state index contributed by atoms with van der Waals surface area (Å²) in [4.78, 5) is 34.6. The highest BCUT2D eigenvalue weighted by atomic mass is 35.5. The summed E-state index contributed by atoms with van der Waals surface area (Å²) in [6.45, 7) is 7.93. The third kappa shape index (κ3) is 5.30. The van der Waals surface area contributed by atoms with Gasteiger partial charge in [0.05, 0.1) is 16.2 Å². The molecule has 194 valence electrons. The molecule has 0 aliphatic rings. The number of rotatable bonds is 8. The lowest BCUT2D eigenvalue weighted by Gasteiger charge is -2.14. The van der Waals surface area contributed by atoms with Crippen molar-refractivity contribution in [3.63, 3.8) is 0 Å². The molecule has 0 radical (unpaired) electrons. The molecule has 0 saturated heterocycles. The van der Waals surface area contributed by atoms with Gasteiger partial charge in [0, 0.05) is 33.9 Å². The number of carbonyl (C=O) groups excluding carboxylic acids is 1. The zero-order valence-corrected chi connectivity index (χ0v) is 22.2. The number of nitrogens with one attached hydrogen (secondary N) is 5. The molecule has 5 aromatic rings. The summed E-state index contributed by atoms with van der Waals surface area (Å²) < 4.78 is 0. The molecular formula is C27H28ClN9O. The van der Waals surface area contributed by atoms with Crippen molar-refractivity contribution in [2.24, 2.45) is 0 Å². The lowest BCUT2D eigenvalue weighted by Crippen LogP contribution is -2.31. The van der Waals surface area contributed by atoms with Crippen molar-refractivity contribution in [3.8, 4) is 11.3 Å². The Morgan fingerprint density at radius 1 is 0.816 bits per heavy atom. The van der Waals surface area contributed by atoms with E-state index in [4.69, 9.17) is 16.6 Å². The number of H-pyrrole nitrogens is 1. The van der Waals surface area contributed by atoms with Crippen LogP contribution >= 0.6 is 11.6 Å². The Balaban J connectivity index is 1.51. The molecule has 0 fully saturated rings. The number of halogens is 1. The van der Waals surface area contributed by atoms with Crippen LogP contribution in [0.1, 0.15) is 38.2 Å². The number of aromatic nitrogens is 5. The van der Waals surface area contributed by atoms with E-state index < -0.39 is 5.91 Å². The summed E-state index contributed by atoms with van der Waals surface area (Å²) in [5.41, 5.74) is 8.73. The first-order valence-corrected chi connectivity index (χ1v) is 12.7. The SMILES string of the molecule is CC(C)Nc1nc(NNC(=O)c2cc3c([nH]c4ccccc43)c(-c3ccccc3Cl)n2)nc(NC(C)C)n1. The van der Waals surface area contributed by atoms with Gasteiger partial charge in [0.15, 0.2) is 0 Å². The van der Waals surface area contributed by atoms with Crippen LogP contribution in [-0.4, -0.2) is 42.9 Å². The molecule has 0 unspecified atom stereocenters. The lowest BCUT2D eigenvalue weighted by molar-refractivity contribution is 0.0957. The average Bonchev–Trinajstić information content (AvgIpc) is 3.25. The highest BCUT2D eigenvalue weighted by Crippen LogP contribution is 2.35. The van der Waals surface area contributed by atoms with Gasteiger partial charge in [-0.2, -0.15) is 15.0 Å². The number of hydrogen-bond acceptors (Lipinski definition) is 8. The van der Waals surface area contributed by atoms with Crippen LogP contribution in [0, 0.1) is 0 Å². The Morgan fingerprint density at radius 3 is 2.13 bits per heavy atom. The normalized spacial score (nSPS) is 11.3. The minimum absolute atomic E-state index is 0.113. The van der Waals surface area contributed by atoms with Crippen LogP contribution in [0.4, 0.5) is 17.8 Å². The third-order valence-electron chi connectivity index (χ3n) is 5.62. The second-order valence-electron chi connectivity index (χ2n) is 9.41. The van der Waals surface area contributed by atoms with E-state index in [1.165, 1.54) is 0 Å². The molecule has 2 aromatic carbocycles. The fraction of sp³-hybridized carbons (Fsp3) is 0.222. The lowest BCUT2D eigenvalue weighted by atomic mass is 10.1. The second-order valence-corrected chi connectivity index (χ2v) is 9.82. The smallest absolute Gasteiger partial charge is 0.288 e. The Bertz CT molecular complexity index is 1600. The number of benzene rings is 2. The number of hydrogen-bond donors (Lipinski definition) is 5. The maximum atomic E-state index is 13.3. The number of hydrazine groups is 1. The predicted octanol–water partition coefficient (Wildman–Crippen LogP) is 5.62. The maximum Gasteiger partial charge on any atom is 0.288 e. The Kier molecular flexibility index (Phi) is 6.97. The van der Waals surface area contributed by atoms with Crippen molar-refractivity contribution >= 4 is 57.2 Å². The molecule has 10 nitrogen and oxygen atoms in total. The topological polar surface area (TPSA) is 133 Å². The third-order valence-corrected chi connectivity index (χ3v) is 5.95. The van der Waals surface area contributed by atoms with Crippen LogP contribution in [0.15, 0.2) is 54.6 Å². The van der Waals surface area contributed by atoms with Gasteiger partial charge in [-0.25, -0.2) is 4.98 Å². The van der Waals surface area contributed by atoms with Gasteiger partial charge in [-0.15, -0.1) is 0 Å². The fourth-order valence-electron chi connectivity index (χ4n) is 4.06. The van der Waals surface area contributed by atoms with E-state index in [1.807, 2.05) is 70.2 Å². The van der Waals surface area contributed by atoms with Crippen LogP contribution in [0.3, 0.4) is 0 Å². The Hall–Kier alpha value is -4.44. The second kappa shape index (κ2) is 10.5. The number of para-hydroxylation sites is 1. The van der Waals surface area contributed by atoms with E-state index in [1.54, 1.807) is 12.1 Å². The molecule has 0 saturated carbocycles. The van der Waals surface area contributed by atoms with Gasteiger partial charge >= 0.3 is 0 Å². The minimum atomic E-state index is -0.456. The van der Waals surface area contributed by atoms with Gasteiger partial charge in [0.25, 0.3) is 5.91 Å². The molecule has 38 heavy (non-hydrogen) atoms. The van der Waals surface area contributed by atoms with E-state index in [-0.39, 0.29) is 23.7 Å². The van der Waals surface area contributed by atoms with Crippen molar-refractivity contribution in [3.05, 3.63) is 65.3 Å². The molecule has 0 atom stereocenters. The van der Waals surface area contributed by atoms with E-state index in [0.29, 0.717) is 22.6 Å². The van der Waals surface area contributed by atoms with Crippen molar-refractivity contribution in [2.45, 2.75) is 39.8 Å². The molecule has 0 aliphatic carbocycles. The number of nitrogens with zero attached hydrogens (tertiary/aromatic N) is 4. The number of aromatic amines is 1. The van der Waals surface area contributed by atoms with E-state index in [2.05, 4.69) is 41.4 Å². The monoisotopic (exact) mass is 529 g/mol. The fourth-order valence-corrected chi connectivity index (χ4v) is 4.29. The number of carbonyl (C=O) groups is 1. The standard InChI is InChI=1S/C27H28ClN9O/c1-14(2)29-25-33-26(30-15(3)4)35-27(34-25)37-36-24(38)21-13-18-16-9-6-8-12-20(16)31-23(18)22(32-21)17-10-5-7-11-19(17)28/h5-15,31H,1-4H3,(H,36,38)(H3,29,30,33,34,35,37). The van der Waals surface area contributed by atoms with E-state index in [0.717, 1.165) is 27.4 Å². The van der Waals surface area contributed by atoms with E-state index in [9.17, 15) is 4.79 Å². The number of amides is 1. The molecular weight excluding hydrogens is 502 g/mol. The van der Waals surface area contributed by atoms with Crippen LogP contribution in [0.5, 0.6) is 0 Å². The summed E-state index contributed by atoms with van der Waals surface area (Å²) >= 11 is 6.53. The number of pyridine rings is 1. The average molecular weight is 530 g/mol. The first-order valence-electron chi connectivity index (χ1n) is 12.3. The summed E-state index contributed by atoms with van der Waals surface area (Å²) in [5, 5.41) is 8.70. The molecule has 3 heterocycles. The van der Waals surface area contributed by atoms with Crippen molar-refractivity contribution in [1.82, 2.24) is 30.3 Å². The Labute approximate surface area is 224 Å². The van der Waals surface area contributed by atoms with Crippen LogP contribution in [0.25, 0.3) is 33.1 Å². The minimum Gasteiger partial charge on any atom is -0.353 e. The van der Waals surface area contributed by atoms with Gasteiger partial charge in [-0.05, 0) is 45.9 Å². The number of anilines is 3. The molecule has 0 spiro atoms. The molecule has 1 amide bonds. The van der Waals surface area contributed by atoms with Crippen LogP contribution < -0.4 is 21.5 Å².